The van der Waals surface area contributed by atoms with E-state index in [0.717, 1.165) is 43.4 Å². The fourth-order valence-corrected chi connectivity index (χ4v) is 7.77. The van der Waals surface area contributed by atoms with Gasteiger partial charge in [0.05, 0.1) is 11.1 Å². The SMILES string of the molecule is CNC(=O)c1ccc(NC(=O)[C@@H]2NC3(CCCCC3)[C@@]3(CNc4cc(Cl)ccc43)[C@H]2c2cccc(Cl)c2F)cc1. The van der Waals surface area contributed by atoms with Crippen molar-refractivity contribution >= 4 is 46.4 Å². The van der Waals surface area contributed by atoms with Crippen LogP contribution >= 0.6 is 23.2 Å². The first-order chi connectivity index (χ1) is 19.3. The number of carbonyl (C=O) groups excluding carboxylic acids is 2. The Hall–Kier alpha value is -3.13. The van der Waals surface area contributed by atoms with Crippen molar-refractivity contribution in [2.75, 3.05) is 24.2 Å². The molecule has 2 spiro atoms. The molecule has 3 aromatic carbocycles. The van der Waals surface area contributed by atoms with Gasteiger partial charge in [0.2, 0.25) is 5.91 Å². The van der Waals surface area contributed by atoms with Gasteiger partial charge in [0, 0.05) is 52.4 Å². The molecule has 2 amide bonds. The summed E-state index contributed by atoms with van der Waals surface area (Å²) < 4.78 is 15.9. The average Bonchev–Trinajstić information content (AvgIpc) is 3.47. The van der Waals surface area contributed by atoms with Gasteiger partial charge in [-0.05, 0) is 66.4 Å². The van der Waals surface area contributed by atoms with Crippen LogP contribution in [-0.4, -0.2) is 37.0 Å². The molecule has 6 nitrogen and oxygen atoms in total. The summed E-state index contributed by atoms with van der Waals surface area (Å²) in [6, 6.07) is 16.8. The third-order valence-electron chi connectivity index (χ3n) is 9.12. The van der Waals surface area contributed by atoms with E-state index in [0.29, 0.717) is 28.4 Å². The van der Waals surface area contributed by atoms with Gasteiger partial charge in [0.25, 0.3) is 5.91 Å². The zero-order chi connectivity index (χ0) is 28.1. The lowest BCUT2D eigenvalue weighted by Crippen LogP contribution is -2.58. The number of hydrogen-bond acceptors (Lipinski definition) is 4. The molecule has 208 valence electrons. The second-order valence-corrected chi connectivity index (χ2v) is 11.9. The molecule has 3 aliphatic rings. The molecule has 0 radical (unpaired) electrons. The van der Waals surface area contributed by atoms with E-state index < -0.39 is 28.7 Å². The normalized spacial score (nSPS) is 24.5. The predicted molar refractivity (Wildman–Crippen MR) is 157 cm³/mol. The molecule has 1 saturated heterocycles. The lowest BCUT2D eigenvalue weighted by atomic mass is 9.56. The van der Waals surface area contributed by atoms with E-state index in [2.05, 4.69) is 21.3 Å². The summed E-state index contributed by atoms with van der Waals surface area (Å²) in [4.78, 5) is 26.1. The minimum Gasteiger partial charge on any atom is -0.384 e. The number of hydrogen-bond donors (Lipinski definition) is 4. The standard InChI is InChI=1S/C31H31Cl2FN4O2/c1-35-28(39)18-8-11-20(12-9-18)37-29(40)27-25(21-6-5-7-23(33)26(21)34)31(30(38-27)14-3-2-4-15-30)17-36-24-16-19(32)10-13-22(24)31/h5-13,16,25,27,36,38H,2-4,14-15,17H2,1H3,(H,35,39)(H,37,40)/t25-,27+,31+/m0/s1. The van der Waals surface area contributed by atoms with Crippen molar-refractivity contribution in [1.82, 2.24) is 10.6 Å². The highest BCUT2D eigenvalue weighted by atomic mass is 35.5. The summed E-state index contributed by atoms with van der Waals surface area (Å²) in [7, 11) is 1.57. The van der Waals surface area contributed by atoms with E-state index in [1.165, 1.54) is 6.07 Å². The first kappa shape index (κ1) is 27.1. The molecule has 4 N–H and O–H groups in total. The van der Waals surface area contributed by atoms with Gasteiger partial charge in [0.1, 0.15) is 5.82 Å². The molecule has 1 saturated carbocycles. The summed E-state index contributed by atoms with van der Waals surface area (Å²) in [6.07, 6.45) is 4.86. The van der Waals surface area contributed by atoms with Gasteiger partial charge in [-0.15, -0.1) is 0 Å². The molecular formula is C31H31Cl2FN4O2. The number of halogens is 3. The Morgan fingerprint density at radius 2 is 1.75 bits per heavy atom. The van der Waals surface area contributed by atoms with Crippen molar-refractivity contribution < 1.29 is 14.0 Å². The van der Waals surface area contributed by atoms with Gasteiger partial charge in [-0.2, -0.15) is 0 Å². The Morgan fingerprint density at radius 1 is 1.00 bits per heavy atom. The maximum Gasteiger partial charge on any atom is 0.251 e. The second-order valence-electron chi connectivity index (χ2n) is 11.0. The fourth-order valence-electron chi connectivity index (χ4n) is 7.42. The van der Waals surface area contributed by atoms with E-state index in [9.17, 15) is 9.59 Å². The minimum atomic E-state index is -0.742. The minimum absolute atomic E-state index is 0.0310. The van der Waals surface area contributed by atoms with E-state index >= 15 is 4.39 Å². The Labute approximate surface area is 243 Å². The first-order valence-corrected chi connectivity index (χ1v) is 14.4. The van der Waals surface area contributed by atoms with Crippen LogP contribution in [-0.2, 0) is 10.2 Å². The van der Waals surface area contributed by atoms with Crippen molar-refractivity contribution in [1.29, 1.82) is 0 Å². The molecule has 0 unspecified atom stereocenters. The molecule has 2 aliphatic heterocycles. The van der Waals surface area contributed by atoms with Crippen molar-refractivity contribution in [3.63, 3.8) is 0 Å². The van der Waals surface area contributed by atoms with Crippen LogP contribution in [0.5, 0.6) is 0 Å². The van der Waals surface area contributed by atoms with Crippen LogP contribution in [0, 0.1) is 5.82 Å². The average molecular weight is 582 g/mol. The zero-order valence-corrected chi connectivity index (χ0v) is 23.6. The van der Waals surface area contributed by atoms with E-state index in [1.54, 1.807) is 43.4 Å². The predicted octanol–water partition coefficient (Wildman–Crippen LogP) is 6.25. The molecule has 9 heteroatoms. The Balaban J connectivity index is 1.48. The van der Waals surface area contributed by atoms with Crippen LogP contribution < -0.4 is 21.3 Å². The lowest BCUT2D eigenvalue weighted by molar-refractivity contribution is -0.118. The van der Waals surface area contributed by atoms with Crippen molar-refractivity contribution in [2.24, 2.45) is 0 Å². The molecule has 1 aliphatic carbocycles. The van der Waals surface area contributed by atoms with Crippen LogP contribution in [0.2, 0.25) is 10.0 Å². The van der Waals surface area contributed by atoms with Crippen LogP contribution in [0.3, 0.4) is 0 Å². The van der Waals surface area contributed by atoms with Crippen LogP contribution in [0.4, 0.5) is 15.8 Å². The number of fused-ring (bicyclic) bond motifs is 3. The smallest absolute Gasteiger partial charge is 0.251 e. The third kappa shape index (κ3) is 4.18. The summed E-state index contributed by atoms with van der Waals surface area (Å²) >= 11 is 12.7. The van der Waals surface area contributed by atoms with Crippen LogP contribution in [0.1, 0.15) is 59.5 Å². The first-order valence-electron chi connectivity index (χ1n) is 13.7. The van der Waals surface area contributed by atoms with Crippen molar-refractivity contribution in [3.05, 3.63) is 93.2 Å². The topological polar surface area (TPSA) is 82.3 Å². The third-order valence-corrected chi connectivity index (χ3v) is 9.64. The number of rotatable bonds is 4. The molecular weight excluding hydrogens is 550 g/mol. The molecule has 3 aromatic rings. The molecule has 6 rings (SSSR count). The van der Waals surface area contributed by atoms with E-state index in [-0.39, 0.29) is 16.8 Å². The van der Waals surface area contributed by atoms with Gasteiger partial charge in [0.15, 0.2) is 0 Å². The van der Waals surface area contributed by atoms with Gasteiger partial charge >= 0.3 is 0 Å². The highest BCUT2D eigenvalue weighted by molar-refractivity contribution is 6.31. The summed E-state index contributed by atoms with van der Waals surface area (Å²) in [5.74, 6) is -1.52. The second kappa shape index (κ2) is 10.4. The molecule has 0 bridgehead atoms. The van der Waals surface area contributed by atoms with Crippen molar-refractivity contribution in [3.8, 4) is 0 Å². The lowest BCUT2D eigenvalue weighted by Gasteiger charge is -2.48. The van der Waals surface area contributed by atoms with Crippen molar-refractivity contribution in [2.45, 2.75) is 55.0 Å². The summed E-state index contributed by atoms with van der Waals surface area (Å²) in [5, 5.41) is 13.6. The quantitative estimate of drug-likeness (QED) is 0.294. The largest absolute Gasteiger partial charge is 0.384 e. The number of carbonyl (C=O) groups is 2. The molecule has 40 heavy (non-hydrogen) atoms. The van der Waals surface area contributed by atoms with E-state index in [1.807, 2.05) is 18.2 Å². The molecule has 2 heterocycles. The summed E-state index contributed by atoms with van der Waals surface area (Å²) in [5.41, 5.74) is 2.36. The van der Waals surface area contributed by atoms with Gasteiger partial charge in [-0.3, -0.25) is 14.9 Å². The van der Waals surface area contributed by atoms with E-state index in [4.69, 9.17) is 23.2 Å². The Bertz CT molecular complexity index is 1470. The van der Waals surface area contributed by atoms with Gasteiger partial charge < -0.3 is 16.0 Å². The molecule has 0 aromatic heterocycles. The Morgan fingerprint density at radius 3 is 2.48 bits per heavy atom. The highest BCUT2D eigenvalue weighted by Crippen LogP contribution is 2.62. The zero-order valence-electron chi connectivity index (χ0n) is 22.1. The van der Waals surface area contributed by atoms with Gasteiger partial charge in [-0.1, -0.05) is 60.7 Å². The van der Waals surface area contributed by atoms with Crippen LogP contribution in [0.15, 0.2) is 60.7 Å². The number of amides is 2. The monoisotopic (exact) mass is 580 g/mol. The molecule has 3 atom stereocenters. The fraction of sp³-hybridized carbons (Fsp3) is 0.355. The maximum atomic E-state index is 15.9. The highest BCUT2D eigenvalue weighted by Gasteiger charge is 2.68. The number of nitrogens with one attached hydrogen (secondary N) is 4. The van der Waals surface area contributed by atoms with Gasteiger partial charge in [-0.25, -0.2) is 4.39 Å². The molecule has 2 fully saturated rings. The number of anilines is 2. The summed E-state index contributed by atoms with van der Waals surface area (Å²) in [6.45, 7) is 0.539. The Kier molecular flexibility index (Phi) is 7.01. The van der Waals surface area contributed by atoms with Crippen LogP contribution in [0.25, 0.3) is 0 Å². The number of benzene rings is 3. The maximum absolute atomic E-state index is 15.9.